The molecule has 1 aliphatic rings. The molecule has 0 bridgehead atoms. The molecule has 1 unspecified atom stereocenters. The molecule has 0 aliphatic carbocycles. The first-order valence-corrected chi connectivity index (χ1v) is 10.3. The van der Waals surface area contributed by atoms with Crippen LogP contribution < -0.4 is 10.0 Å². The van der Waals surface area contributed by atoms with Crippen LogP contribution in [0.4, 0.5) is 5.69 Å². The van der Waals surface area contributed by atoms with Crippen LogP contribution in [0.3, 0.4) is 0 Å². The number of carbonyl (C=O) groups is 3. The van der Waals surface area contributed by atoms with Crippen molar-refractivity contribution in [3.63, 3.8) is 0 Å². The van der Waals surface area contributed by atoms with E-state index >= 15 is 0 Å². The number of hydrogen-bond donors (Lipinski definition) is 1. The van der Waals surface area contributed by atoms with Crippen molar-refractivity contribution >= 4 is 33.4 Å². The molecule has 2 aromatic rings. The smallest absolute Gasteiger partial charge is 0.290 e. The van der Waals surface area contributed by atoms with Gasteiger partial charge in [0.2, 0.25) is 15.9 Å². The molecule has 0 saturated carbocycles. The molecule has 10 heteroatoms. The van der Waals surface area contributed by atoms with E-state index in [2.05, 4.69) is 0 Å². The fourth-order valence-corrected chi connectivity index (χ4v) is 3.82. The standard InChI is InChI=1S/C19H21N3O6S/c1-19(2,3)22(18(25)15-5-4-10-28-15)14-11-16(23)21(17(14)24)12-6-8-13(9-7-12)29(20,26)27/h4-10,14H,11H2,1-3H3,(H2,20,26,27). The molecule has 2 heterocycles. The van der Waals surface area contributed by atoms with E-state index in [1.54, 1.807) is 26.8 Å². The number of imide groups is 1. The Balaban J connectivity index is 1.95. The van der Waals surface area contributed by atoms with Crippen LogP contribution in [0.25, 0.3) is 0 Å². The number of carbonyl (C=O) groups excluding carboxylic acids is 3. The van der Waals surface area contributed by atoms with E-state index in [0.717, 1.165) is 4.90 Å². The largest absolute Gasteiger partial charge is 0.459 e. The summed E-state index contributed by atoms with van der Waals surface area (Å²) in [5, 5.41) is 5.08. The van der Waals surface area contributed by atoms with Crippen LogP contribution in [-0.2, 0) is 19.6 Å². The fraction of sp³-hybridized carbons (Fsp3) is 0.316. The second-order valence-corrected chi connectivity index (χ2v) is 9.21. The number of amides is 3. The highest BCUT2D eigenvalue weighted by Crippen LogP contribution is 2.31. The number of rotatable bonds is 4. The van der Waals surface area contributed by atoms with Crippen molar-refractivity contribution in [2.24, 2.45) is 5.14 Å². The summed E-state index contributed by atoms with van der Waals surface area (Å²) in [6.45, 7) is 5.28. The van der Waals surface area contributed by atoms with Crippen LogP contribution in [0.5, 0.6) is 0 Å². The molecule has 2 N–H and O–H groups in total. The zero-order valence-electron chi connectivity index (χ0n) is 16.2. The van der Waals surface area contributed by atoms with E-state index in [1.165, 1.54) is 41.5 Å². The number of furan rings is 1. The quantitative estimate of drug-likeness (QED) is 0.747. The minimum Gasteiger partial charge on any atom is -0.459 e. The first-order valence-electron chi connectivity index (χ1n) is 8.78. The van der Waals surface area contributed by atoms with Gasteiger partial charge in [-0.25, -0.2) is 18.5 Å². The van der Waals surface area contributed by atoms with Gasteiger partial charge in [-0.05, 0) is 57.2 Å². The summed E-state index contributed by atoms with van der Waals surface area (Å²) in [5.74, 6) is -1.51. The molecule has 3 amide bonds. The highest BCUT2D eigenvalue weighted by molar-refractivity contribution is 7.89. The number of nitrogens with two attached hydrogens (primary N) is 1. The summed E-state index contributed by atoms with van der Waals surface area (Å²) in [6, 6.07) is 7.13. The number of benzene rings is 1. The molecule has 1 aromatic heterocycles. The maximum absolute atomic E-state index is 13.1. The van der Waals surface area contributed by atoms with Crippen LogP contribution in [0.2, 0.25) is 0 Å². The minimum absolute atomic E-state index is 0.0659. The molecular formula is C19H21N3O6S. The molecule has 0 radical (unpaired) electrons. The van der Waals surface area contributed by atoms with Crippen LogP contribution in [0, 0.1) is 0 Å². The van der Waals surface area contributed by atoms with Gasteiger partial charge in [0.05, 0.1) is 23.3 Å². The van der Waals surface area contributed by atoms with Gasteiger partial charge in [-0.15, -0.1) is 0 Å². The Bertz CT molecular complexity index is 1050. The molecule has 0 spiro atoms. The predicted octanol–water partition coefficient (Wildman–Crippen LogP) is 1.50. The number of nitrogens with zero attached hydrogens (tertiary/aromatic N) is 2. The summed E-state index contributed by atoms with van der Waals surface area (Å²) in [5.41, 5.74) is -0.563. The zero-order valence-corrected chi connectivity index (χ0v) is 17.0. The normalized spacial score (nSPS) is 17.7. The molecule has 1 atom stereocenters. The average Bonchev–Trinajstić information content (AvgIpc) is 3.22. The third kappa shape index (κ3) is 3.94. The Kier molecular flexibility index (Phi) is 5.10. The predicted molar refractivity (Wildman–Crippen MR) is 103 cm³/mol. The maximum Gasteiger partial charge on any atom is 0.290 e. The zero-order chi connectivity index (χ0) is 21.6. The molecule has 3 rings (SSSR count). The second-order valence-electron chi connectivity index (χ2n) is 7.65. The third-order valence-corrected chi connectivity index (χ3v) is 5.46. The summed E-state index contributed by atoms with van der Waals surface area (Å²) >= 11 is 0. The van der Waals surface area contributed by atoms with Crippen LogP contribution in [0.15, 0.2) is 52.0 Å². The molecule has 9 nitrogen and oxygen atoms in total. The van der Waals surface area contributed by atoms with Gasteiger partial charge >= 0.3 is 0 Å². The van der Waals surface area contributed by atoms with Crippen molar-refractivity contribution in [3.05, 3.63) is 48.4 Å². The fourth-order valence-electron chi connectivity index (χ4n) is 3.31. The maximum atomic E-state index is 13.1. The van der Waals surface area contributed by atoms with E-state index in [-0.39, 0.29) is 22.8 Å². The van der Waals surface area contributed by atoms with Crippen molar-refractivity contribution in [1.29, 1.82) is 0 Å². The van der Waals surface area contributed by atoms with Crippen LogP contribution in [-0.4, -0.2) is 42.6 Å². The SMILES string of the molecule is CC(C)(C)N(C(=O)c1ccco1)C1CC(=O)N(c2ccc(S(N)(=O)=O)cc2)C1=O. The summed E-state index contributed by atoms with van der Waals surface area (Å²) < 4.78 is 28.0. The van der Waals surface area contributed by atoms with Crippen LogP contribution >= 0.6 is 0 Å². The minimum atomic E-state index is -3.90. The van der Waals surface area contributed by atoms with Crippen LogP contribution in [0.1, 0.15) is 37.7 Å². The monoisotopic (exact) mass is 419 g/mol. The van der Waals surface area contributed by atoms with E-state index in [4.69, 9.17) is 9.56 Å². The van der Waals surface area contributed by atoms with E-state index in [1.807, 2.05) is 0 Å². The summed E-state index contributed by atoms with van der Waals surface area (Å²) in [4.78, 5) is 40.8. The van der Waals surface area contributed by atoms with Crippen molar-refractivity contribution in [1.82, 2.24) is 4.90 Å². The van der Waals surface area contributed by atoms with Gasteiger partial charge in [-0.3, -0.25) is 14.4 Å². The Hall–Kier alpha value is -2.98. The molecule has 29 heavy (non-hydrogen) atoms. The Morgan fingerprint density at radius 3 is 2.28 bits per heavy atom. The van der Waals surface area contributed by atoms with E-state index in [0.29, 0.717) is 0 Å². The topological polar surface area (TPSA) is 131 Å². The summed E-state index contributed by atoms with van der Waals surface area (Å²) in [7, 11) is -3.90. The Labute approximate surface area is 168 Å². The molecule has 1 fully saturated rings. The van der Waals surface area contributed by atoms with Gasteiger partial charge in [0, 0.05) is 5.54 Å². The lowest BCUT2D eigenvalue weighted by atomic mass is 10.0. The van der Waals surface area contributed by atoms with Gasteiger partial charge in [0.1, 0.15) is 6.04 Å². The molecular weight excluding hydrogens is 398 g/mol. The lowest BCUT2D eigenvalue weighted by Crippen LogP contribution is -2.54. The van der Waals surface area contributed by atoms with Gasteiger partial charge in [-0.1, -0.05) is 0 Å². The molecule has 1 saturated heterocycles. The van der Waals surface area contributed by atoms with E-state index < -0.39 is 39.3 Å². The number of primary sulfonamides is 1. The summed E-state index contributed by atoms with van der Waals surface area (Å²) in [6.07, 6.45) is 1.16. The van der Waals surface area contributed by atoms with Crippen molar-refractivity contribution in [3.8, 4) is 0 Å². The lowest BCUT2D eigenvalue weighted by Gasteiger charge is -2.38. The highest BCUT2D eigenvalue weighted by Gasteiger charge is 2.48. The van der Waals surface area contributed by atoms with Crippen molar-refractivity contribution in [2.45, 2.75) is 43.7 Å². The number of hydrogen-bond acceptors (Lipinski definition) is 6. The molecule has 1 aromatic carbocycles. The molecule has 154 valence electrons. The van der Waals surface area contributed by atoms with Gasteiger partial charge in [0.15, 0.2) is 5.76 Å². The highest BCUT2D eigenvalue weighted by atomic mass is 32.2. The van der Waals surface area contributed by atoms with Gasteiger partial charge in [0.25, 0.3) is 11.8 Å². The number of sulfonamides is 1. The second kappa shape index (κ2) is 7.12. The average molecular weight is 419 g/mol. The molecule has 1 aliphatic heterocycles. The van der Waals surface area contributed by atoms with Crippen molar-refractivity contribution in [2.75, 3.05) is 4.90 Å². The van der Waals surface area contributed by atoms with Gasteiger partial charge < -0.3 is 9.32 Å². The van der Waals surface area contributed by atoms with E-state index in [9.17, 15) is 22.8 Å². The first kappa shape index (κ1) is 20.7. The first-order chi connectivity index (χ1) is 13.4. The lowest BCUT2D eigenvalue weighted by molar-refractivity contribution is -0.123. The number of anilines is 1. The Morgan fingerprint density at radius 2 is 1.79 bits per heavy atom. The van der Waals surface area contributed by atoms with Gasteiger partial charge in [-0.2, -0.15) is 0 Å². The Morgan fingerprint density at radius 1 is 1.17 bits per heavy atom. The third-order valence-electron chi connectivity index (χ3n) is 4.53. The van der Waals surface area contributed by atoms with Crippen molar-refractivity contribution < 1.29 is 27.2 Å².